The molecule has 4 aliphatic rings. The Kier molecular flexibility index (Phi) is 14.9. The standard InChI is InChI=1S/C52H68N6O7/c1-32-43-27-38(52(43,3)4)28-44(32)55-50(61)47-46(33(2)64-51(62)54-39-20-14-11-15-21-39)45(31-59)65-58(47)29-35-19-16-22-42(48(35)63-9)36-24-37(26-41(25-36)57(7)8)49(60)53-40(30-56(5)6)23-34-17-12-10-13-18-34/h10-22,24-26,32-33,38,40,43-47,59H,23,27-31H2,1-9H3,(H,53,60)(H,54,62)(H,55,61)/t32-,33?,38-,40-,43+,44-,45-,46?,47-/m0/s1. The summed E-state index contributed by atoms with van der Waals surface area (Å²) in [6.45, 7) is 8.99. The van der Waals surface area contributed by atoms with Crippen LogP contribution in [-0.2, 0) is 27.3 Å². The van der Waals surface area contributed by atoms with Gasteiger partial charge in [-0.15, -0.1) is 0 Å². The van der Waals surface area contributed by atoms with Crippen LogP contribution in [0.15, 0.2) is 97.1 Å². The number of carbonyl (C=O) groups excluding carboxylic acids is 3. The van der Waals surface area contributed by atoms with E-state index in [-0.39, 0.29) is 41.8 Å². The van der Waals surface area contributed by atoms with Crippen LogP contribution in [0.25, 0.3) is 11.1 Å². The molecule has 2 unspecified atom stereocenters. The number of methoxy groups -OCH3 is 1. The highest BCUT2D eigenvalue weighted by atomic mass is 16.7. The third-order valence-electron chi connectivity index (χ3n) is 14.2. The Labute approximate surface area is 384 Å². The minimum absolute atomic E-state index is 0.0303. The lowest BCUT2D eigenvalue weighted by atomic mass is 9.45. The summed E-state index contributed by atoms with van der Waals surface area (Å²) in [5.74, 6) is 0.693. The van der Waals surface area contributed by atoms with Crippen molar-refractivity contribution < 1.29 is 33.8 Å². The van der Waals surface area contributed by atoms with Crippen LogP contribution in [0, 0.1) is 29.1 Å². The van der Waals surface area contributed by atoms with Crippen LogP contribution in [0.4, 0.5) is 16.2 Å². The Hall–Kier alpha value is -5.47. The second-order valence-corrected chi connectivity index (χ2v) is 19.4. The van der Waals surface area contributed by atoms with Crippen LogP contribution in [-0.4, -0.2) is 112 Å². The van der Waals surface area contributed by atoms with Gasteiger partial charge in [-0.2, -0.15) is 5.06 Å². The Morgan fingerprint density at radius 1 is 0.938 bits per heavy atom. The smallest absolute Gasteiger partial charge is 0.411 e. The molecule has 0 radical (unpaired) electrons. The number of hydroxylamine groups is 2. The first-order chi connectivity index (χ1) is 31.1. The van der Waals surface area contributed by atoms with Crippen molar-refractivity contribution in [1.29, 1.82) is 0 Å². The fourth-order valence-corrected chi connectivity index (χ4v) is 10.7. The zero-order valence-corrected chi connectivity index (χ0v) is 39.4. The Balaban J connectivity index is 1.18. The third kappa shape index (κ3) is 10.6. The molecule has 3 amide bonds. The minimum Gasteiger partial charge on any atom is -0.496 e. The first-order valence-electron chi connectivity index (χ1n) is 22.9. The third-order valence-corrected chi connectivity index (χ3v) is 14.2. The summed E-state index contributed by atoms with van der Waals surface area (Å²) in [6.07, 6.45) is 0.375. The van der Waals surface area contributed by atoms with E-state index in [2.05, 4.69) is 53.8 Å². The van der Waals surface area contributed by atoms with Crippen molar-refractivity contribution in [2.24, 2.45) is 29.1 Å². The second kappa shape index (κ2) is 20.4. The summed E-state index contributed by atoms with van der Waals surface area (Å²) in [5.41, 5.74) is 5.53. The number of aliphatic hydroxyl groups is 1. The number of amides is 3. The molecule has 0 aromatic heterocycles. The number of hydrogen-bond donors (Lipinski definition) is 4. The van der Waals surface area contributed by atoms with Crippen molar-refractivity contribution in [1.82, 2.24) is 20.6 Å². The number of carbonyl (C=O) groups is 3. The largest absolute Gasteiger partial charge is 0.496 e. The second-order valence-electron chi connectivity index (χ2n) is 19.4. The maximum absolute atomic E-state index is 14.8. The number of nitrogens with one attached hydrogen (secondary N) is 3. The number of anilines is 2. The van der Waals surface area contributed by atoms with E-state index in [0.29, 0.717) is 41.8 Å². The van der Waals surface area contributed by atoms with Crippen LogP contribution in [0.1, 0.15) is 62.0 Å². The first kappa shape index (κ1) is 47.5. The molecule has 4 fully saturated rings. The molecule has 1 heterocycles. The highest BCUT2D eigenvalue weighted by molar-refractivity contribution is 5.97. The lowest BCUT2D eigenvalue weighted by molar-refractivity contribution is -0.183. The number of fused-ring (bicyclic) bond motifs is 2. The van der Waals surface area contributed by atoms with Gasteiger partial charge in [-0.25, -0.2) is 4.79 Å². The summed E-state index contributed by atoms with van der Waals surface area (Å²) in [6, 6.07) is 29.7. The van der Waals surface area contributed by atoms with Crippen LogP contribution < -0.4 is 25.6 Å². The van der Waals surface area contributed by atoms with Gasteiger partial charge in [0.05, 0.1) is 26.2 Å². The molecule has 9 atom stereocenters. The van der Waals surface area contributed by atoms with Gasteiger partial charge in [-0.05, 0) is 105 Å². The van der Waals surface area contributed by atoms with Gasteiger partial charge in [0, 0.05) is 60.8 Å². The normalized spacial score (nSPS) is 24.3. The molecule has 65 heavy (non-hydrogen) atoms. The molecule has 348 valence electrons. The number of benzene rings is 4. The van der Waals surface area contributed by atoms with E-state index in [0.717, 1.165) is 34.4 Å². The molecule has 13 heteroatoms. The molecule has 0 spiro atoms. The number of aliphatic hydroxyl groups excluding tert-OH is 1. The zero-order valence-electron chi connectivity index (χ0n) is 39.4. The van der Waals surface area contributed by atoms with Gasteiger partial charge in [0.2, 0.25) is 5.91 Å². The number of para-hydroxylation sites is 2. The van der Waals surface area contributed by atoms with Gasteiger partial charge in [0.25, 0.3) is 5.91 Å². The maximum Gasteiger partial charge on any atom is 0.411 e. The van der Waals surface area contributed by atoms with Crippen molar-refractivity contribution >= 4 is 29.3 Å². The van der Waals surface area contributed by atoms with E-state index in [4.69, 9.17) is 14.3 Å². The van der Waals surface area contributed by atoms with Crippen molar-refractivity contribution in [3.05, 3.63) is 114 Å². The maximum atomic E-state index is 14.8. The number of likely N-dealkylation sites (N-methyl/N-ethyl adjacent to an activating group) is 1. The van der Waals surface area contributed by atoms with Gasteiger partial charge in [0.1, 0.15) is 24.0 Å². The van der Waals surface area contributed by atoms with Crippen molar-refractivity contribution in [3.8, 4) is 16.9 Å². The molecule has 3 aliphatic carbocycles. The predicted octanol–water partition coefficient (Wildman–Crippen LogP) is 7.25. The Morgan fingerprint density at radius 2 is 1.65 bits per heavy atom. The van der Waals surface area contributed by atoms with Crippen molar-refractivity contribution in [3.63, 3.8) is 0 Å². The molecule has 3 saturated carbocycles. The topological polar surface area (TPSA) is 145 Å². The van der Waals surface area contributed by atoms with Gasteiger partial charge < -0.3 is 35.0 Å². The number of rotatable bonds is 17. The molecule has 13 nitrogen and oxygen atoms in total. The van der Waals surface area contributed by atoms with Crippen molar-refractivity contribution in [2.45, 2.75) is 83.8 Å². The molecule has 1 aliphatic heterocycles. The average Bonchev–Trinajstić information content (AvgIpc) is 3.65. The zero-order chi connectivity index (χ0) is 46.6. The lowest BCUT2D eigenvalue weighted by Crippen LogP contribution is -2.62. The number of hydrogen-bond acceptors (Lipinski definition) is 10. The highest BCUT2D eigenvalue weighted by Crippen LogP contribution is 2.61. The van der Waals surface area contributed by atoms with Gasteiger partial charge in [-0.3, -0.25) is 19.7 Å². The fraction of sp³-hybridized carbons (Fsp3) is 0.481. The lowest BCUT2D eigenvalue weighted by Gasteiger charge is -2.62. The molecule has 8 rings (SSSR count). The Bertz CT molecular complexity index is 2270. The van der Waals surface area contributed by atoms with E-state index in [9.17, 15) is 19.5 Å². The SMILES string of the molecule is COc1c(CN2O[C@@H](CO)C(C(C)OC(=O)Nc3ccccc3)[C@H]2C(=O)N[C@H]2C[C@@H]3C[C@H]([C@@H]2C)C3(C)C)cccc1-c1cc(C(=O)N[C@@H](Cc2ccccc2)CN(C)C)cc(N(C)C)c1. The van der Waals surface area contributed by atoms with Crippen LogP contribution >= 0.6 is 0 Å². The van der Waals surface area contributed by atoms with Gasteiger partial charge >= 0.3 is 6.09 Å². The van der Waals surface area contributed by atoms with Crippen LogP contribution in [0.5, 0.6) is 5.75 Å². The van der Waals surface area contributed by atoms with Crippen LogP contribution in [0.3, 0.4) is 0 Å². The predicted molar refractivity (Wildman–Crippen MR) is 255 cm³/mol. The van der Waals surface area contributed by atoms with E-state index < -0.39 is 36.9 Å². The summed E-state index contributed by atoms with van der Waals surface area (Å²) < 4.78 is 12.1. The summed E-state index contributed by atoms with van der Waals surface area (Å²) >= 11 is 0. The minimum atomic E-state index is -0.933. The molecule has 1 saturated heterocycles. The molecular weight excluding hydrogens is 821 g/mol. The average molecular weight is 889 g/mol. The van der Waals surface area contributed by atoms with Gasteiger partial charge in [-0.1, -0.05) is 87.5 Å². The fourth-order valence-electron chi connectivity index (χ4n) is 10.7. The van der Waals surface area contributed by atoms with E-state index in [1.54, 1.807) is 31.2 Å². The number of nitrogens with zero attached hydrogens (tertiary/aromatic N) is 3. The summed E-state index contributed by atoms with van der Waals surface area (Å²) in [5, 5.41) is 21.9. The van der Waals surface area contributed by atoms with E-state index in [1.807, 2.05) is 106 Å². The molecule has 4 aromatic rings. The first-order valence-corrected chi connectivity index (χ1v) is 22.9. The van der Waals surface area contributed by atoms with E-state index in [1.165, 1.54) is 6.42 Å². The molecule has 4 aromatic carbocycles. The molecular formula is C52H68N6O7. The van der Waals surface area contributed by atoms with Crippen molar-refractivity contribution in [2.75, 3.05) is 58.7 Å². The monoisotopic (exact) mass is 889 g/mol. The summed E-state index contributed by atoms with van der Waals surface area (Å²) in [4.78, 5) is 52.8. The van der Waals surface area contributed by atoms with Crippen LogP contribution in [0.2, 0.25) is 0 Å². The number of ether oxygens (including phenoxy) is 2. The Morgan fingerprint density at radius 3 is 2.28 bits per heavy atom. The van der Waals surface area contributed by atoms with E-state index >= 15 is 0 Å². The molecule has 4 N–H and O–H groups in total. The quantitative estimate of drug-likeness (QED) is 0.0857. The van der Waals surface area contributed by atoms with Gasteiger partial charge in [0.15, 0.2) is 0 Å². The molecule has 2 bridgehead atoms. The summed E-state index contributed by atoms with van der Waals surface area (Å²) in [7, 11) is 9.49. The highest BCUT2D eigenvalue weighted by Gasteiger charge is 2.57.